The molecule has 5 rings (SSSR count). The van der Waals surface area contributed by atoms with Gasteiger partial charge in [0.1, 0.15) is 11.5 Å². The maximum absolute atomic E-state index is 14.6. The maximum atomic E-state index is 14.6. The summed E-state index contributed by atoms with van der Waals surface area (Å²) < 4.78 is 18.1. The van der Waals surface area contributed by atoms with Crippen molar-refractivity contribution in [2.75, 3.05) is 0 Å². The Hall–Kier alpha value is -3.92. The van der Waals surface area contributed by atoms with E-state index in [2.05, 4.69) is 41.5 Å². The van der Waals surface area contributed by atoms with Crippen LogP contribution in [0.25, 0.3) is 28.2 Å². The molecule has 0 aliphatic rings. The molecule has 0 saturated heterocycles. The van der Waals surface area contributed by atoms with Gasteiger partial charge in [-0.3, -0.25) is 14.1 Å². The number of aromatic amines is 1. The van der Waals surface area contributed by atoms with E-state index in [-0.39, 0.29) is 17.9 Å². The van der Waals surface area contributed by atoms with E-state index in [9.17, 15) is 9.18 Å². The topological polar surface area (TPSA) is 94.3 Å². The molecular formula is C25H21BrFN7O. The zero-order chi connectivity index (χ0) is 24.4. The molecule has 0 saturated carbocycles. The summed E-state index contributed by atoms with van der Waals surface area (Å²) in [5.74, 6) is 0.0329. The smallest absolute Gasteiger partial charge is 0.290 e. The monoisotopic (exact) mass is 533 g/mol. The molecule has 0 unspecified atom stereocenters. The van der Waals surface area contributed by atoms with Gasteiger partial charge in [-0.15, -0.1) is 10.2 Å². The van der Waals surface area contributed by atoms with Crippen LogP contribution in [0.1, 0.15) is 24.7 Å². The first-order valence-electron chi connectivity index (χ1n) is 11.1. The number of tetrazole rings is 1. The molecule has 35 heavy (non-hydrogen) atoms. The lowest BCUT2D eigenvalue weighted by molar-refractivity contribution is 0.611. The van der Waals surface area contributed by atoms with Crippen molar-refractivity contribution < 1.29 is 4.39 Å². The first-order valence-corrected chi connectivity index (χ1v) is 11.9. The highest BCUT2D eigenvalue weighted by Gasteiger charge is 2.18. The first-order chi connectivity index (χ1) is 17.1. The molecule has 3 aromatic heterocycles. The molecule has 0 aliphatic heterocycles. The van der Waals surface area contributed by atoms with Crippen LogP contribution in [0.2, 0.25) is 0 Å². The number of benzene rings is 2. The van der Waals surface area contributed by atoms with Crippen LogP contribution in [0.5, 0.6) is 0 Å². The van der Waals surface area contributed by atoms with Gasteiger partial charge in [-0.2, -0.15) is 5.21 Å². The second-order valence-electron chi connectivity index (χ2n) is 8.00. The van der Waals surface area contributed by atoms with Crippen LogP contribution in [0.3, 0.4) is 0 Å². The Morgan fingerprint density at radius 3 is 2.57 bits per heavy atom. The number of hydrogen-bond acceptors (Lipinski definition) is 5. The lowest BCUT2D eigenvalue weighted by atomic mass is 10.0. The van der Waals surface area contributed by atoms with Crippen molar-refractivity contribution in [1.29, 1.82) is 0 Å². The Balaban J connectivity index is 1.49. The molecule has 8 nitrogen and oxygen atoms in total. The molecule has 0 radical (unpaired) electrons. The van der Waals surface area contributed by atoms with Crippen molar-refractivity contribution in [1.82, 2.24) is 34.7 Å². The van der Waals surface area contributed by atoms with Crippen LogP contribution in [0, 0.1) is 5.82 Å². The maximum Gasteiger partial charge on any atom is 0.333 e. The van der Waals surface area contributed by atoms with Crippen LogP contribution in [0.15, 0.2) is 76.3 Å². The molecule has 2 aromatic carbocycles. The van der Waals surface area contributed by atoms with Gasteiger partial charge >= 0.3 is 5.69 Å². The van der Waals surface area contributed by atoms with Crippen LogP contribution in [-0.4, -0.2) is 34.7 Å². The number of hydrogen-bond donors (Lipinski definition) is 1. The molecule has 5 aromatic rings. The second kappa shape index (κ2) is 9.75. The zero-order valence-corrected chi connectivity index (χ0v) is 20.4. The van der Waals surface area contributed by atoms with Crippen LogP contribution in [0.4, 0.5) is 4.39 Å². The molecule has 1 N–H and O–H groups in total. The Labute approximate surface area is 208 Å². The van der Waals surface area contributed by atoms with Crippen molar-refractivity contribution in [3.8, 4) is 28.2 Å². The van der Waals surface area contributed by atoms with Crippen molar-refractivity contribution in [2.45, 2.75) is 26.3 Å². The standard InChI is InChI=1S/C25H21BrFN7O/c1-2-6-18-15-34(23-21(26)9-5-10-22(23)27)25(35)33(18)14-17-12-11-16(13-28-17)19-7-3-4-8-20(19)24-29-31-32-30-24/h3-5,7-13,15H,2,6,14H2,1H3,(H,29,30,31,32). The van der Waals surface area contributed by atoms with E-state index in [1.165, 1.54) is 10.6 Å². The lowest BCUT2D eigenvalue weighted by Crippen LogP contribution is -2.25. The Morgan fingerprint density at radius 1 is 1.06 bits per heavy atom. The summed E-state index contributed by atoms with van der Waals surface area (Å²) in [5.41, 5.74) is 4.08. The van der Waals surface area contributed by atoms with Gasteiger partial charge in [0.25, 0.3) is 0 Å². The van der Waals surface area contributed by atoms with E-state index in [0.717, 1.165) is 34.5 Å². The molecule has 0 fully saturated rings. The number of rotatable bonds is 7. The zero-order valence-electron chi connectivity index (χ0n) is 18.8. The fraction of sp³-hybridized carbons (Fsp3) is 0.160. The van der Waals surface area contributed by atoms with Gasteiger partial charge in [-0.25, -0.2) is 9.18 Å². The van der Waals surface area contributed by atoms with Gasteiger partial charge in [0.2, 0.25) is 5.82 Å². The fourth-order valence-corrected chi connectivity index (χ4v) is 4.61. The van der Waals surface area contributed by atoms with E-state index in [1.807, 2.05) is 43.3 Å². The summed E-state index contributed by atoms with van der Waals surface area (Å²) in [6.45, 7) is 2.32. The highest BCUT2D eigenvalue weighted by Crippen LogP contribution is 2.29. The molecule has 0 aliphatic carbocycles. The lowest BCUT2D eigenvalue weighted by Gasteiger charge is -2.09. The number of halogens is 2. The highest BCUT2D eigenvalue weighted by atomic mass is 79.9. The third kappa shape index (κ3) is 4.44. The van der Waals surface area contributed by atoms with Gasteiger partial charge < -0.3 is 0 Å². The number of imidazole rings is 1. The van der Waals surface area contributed by atoms with Crippen LogP contribution >= 0.6 is 15.9 Å². The molecule has 10 heteroatoms. The van der Waals surface area contributed by atoms with Crippen LogP contribution in [-0.2, 0) is 13.0 Å². The number of para-hydroxylation sites is 1. The van der Waals surface area contributed by atoms with E-state index in [1.54, 1.807) is 29.1 Å². The molecule has 0 atom stereocenters. The summed E-state index contributed by atoms with van der Waals surface area (Å²) >= 11 is 3.37. The van der Waals surface area contributed by atoms with Gasteiger partial charge in [0.15, 0.2) is 0 Å². The Kier molecular flexibility index (Phi) is 6.37. The number of nitrogens with zero attached hydrogens (tertiary/aromatic N) is 6. The van der Waals surface area contributed by atoms with Crippen molar-refractivity contribution >= 4 is 15.9 Å². The minimum Gasteiger partial charge on any atom is -0.290 e. The molecule has 0 bridgehead atoms. The third-order valence-electron chi connectivity index (χ3n) is 5.72. The third-order valence-corrected chi connectivity index (χ3v) is 6.36. The Bertz CT molecular complexity index is 1500. The molecule has 3 heterocycles. The summed E-state index contributed by atoms with van der Waals surface area (Å²) in [6.07, 6.45) is 5.01. The molecular weight excluding hydrogens is 513 g/mol. The van der Waals surface area contributed by atoms with Gasteiger partial charge in [0.05, 0.1) is 12.2 Å². The van der Waals surface area contributed by atoms with Gasteiger partial charge in [-0.05, 0) is 51.3 Å². The predicted molar refractivity (Wildman–Crippen MR) is 134 cm³/mol. The first kappa shape index (κ1) is 22.9. The van der Waals surface area contributed by atoms with E-state index < -0.39 is 5.82 Å². The van der Waals surface area contributed by atoms with E-state index in [4.69, 9.17) is 0 Å². The number of pyridine rings is 1. The van der Waals surface area contributed by atoms with E-state index >= 15 is 0 Å². The number of nitrogens with one attached hydrogen (secondary N) is 1. The minimum atomic E-state index is -0.468. The summed E-state index contributed by atoms with van der Waals surface area (Å²) in [5, 5.41) is 14.3. The van der Waals surface area contributed by atoms with Crippen molar-refractivity contribution in [3.05, 3.63) is 99.2 Å². The minimum absolute atomic E-state index is 0.204. The summed E-state index contributed by atoms with van der Waals surface area (Å²) in [4.78, 5) is 17.9. The van der Waals surface area contributed by atoms with Gasteiger partial charge in [-0.1, -0.05) is 49.7 Å². The van der Waals surface area contributed by atoms with E-state index in [0.29, 0.717) is 16.7 Å². The number of aryl methyl sites for hydroxylation is 1. The quantitative estimate of drug-likeness (QED) is 0.324. The van der Waals surface area contributed by atoms with Crippen molar-refractivity contribution in [3.63, 3.8) is 0 Å². The molecule has 0 spiro atoms. The predicted octanol–water partition coefficient (Wildman–Crippen LogP) is 4.78. The van der Waals surface area contributed by atoms with Gasteiger partial charge in [0, 0.05) is 33.7 Å². The average molecular weight is 534 g/mol. The Morgan fingerprint density at radius 2 is 1.89 bits per heavy atom. The highest BCUT2D eigenvalue weighted by molar-refractivity contribution is 9.10. The number of H-pyrrole nitrogens is 1. The number of aromatic nitrogens is 7. The fourth-order valence-electron chi connectivity index (χ4n) is 4.08. The largest absolute Gasteiger partial charge is 0.333 e. The SMILES string of the molecule is CCCc1cn(-c2c(F)cccc2Br)c(=O)n1Cc1ccc(-c2ccccc2-c2nn[nH]n2)cn1. The summed E-state index contributed by atoms with van der Waals surface area (Å²) in [6, 6.07) is 16.2. The normalized spacial score (nSPS) is 11.2. The summed E-state index contributed by atoms with van der Waals surface area (Å²) in [7, 11) is 0. The average Bonchev–Trinajstić information content (AvgIpc) is 3.50. The van der Waals surface area contributed by atoms with Crippen molar-refractivity contribution in [2.24, 2.45) is 0 Å². The second-order valence-corrected chi connectivity index (χ2v) is 8.85. The molecule has 176 valence electrons. The molecule has 0 amide bonds. The van der Waals surface area contributed by atoms with Crippen LogP contribution < -0.4 is 5.69 Å².